The smallest absolute Gasteiger partial charge is 0.410 e. The van der Waals surface area contributed by atoms with Crippen molar-refractivity contribution in [2.24, 2.45) is 0 Å². The molecule has 1 aliphatic rings. The molecule has 44 heavy (non-hydrogen) atoms. The second-order valence-electron chi connectivity index (χ2n) is 11.8. The van der Waals surface area contributed by atoms with E-state index in [0.717, 1.165) is 24.5 Å². The zero-order valence-electron chi connectivity index (χ0n) is 25.1. The predicted octanol–water partition coefficient (Wildman–Crippen LogP) is 6.83. The van der Waals surface area contributed by atoms with Crippen LogP contribution in [0.2, 0.25) is 0 Å². The highest BCUT2D eigenvalue weighted by Gasteiger charge is 2.28. The molecule has 1 fully saturated rings. The average molecular weight is 604 g/mol. The monoisotopic (exact) mass is 603 g/mol. The molecule has 230 valence electrons. The predicted molar refractivity (Wildman–Crippen MR) is 160 cm³/mol. The van der Waals surface area contributed by atoms with Crippen LogP contribution in [-0.4, -0.2) is 50.4 Å². The molecule has 1 N–H and O–H groups in total. The molecule has 0 saturated carbocycles. The maximum Gasteiger partial charge on any atom is 0.410 e. The van der Waals surface area contributed by atoms with Gasteiger partial charge in [0.05, 0.1) is 17.9 Å². The van der Waals surface area contributed by atoms with Crippen LogP contribution >= 0.6 is 0 Å². The Kier molecular flexibility index (Phi) is 8.93. The molecular weight excluding hydrogens is 568 g/mol. The minimum Gasteiger partial charge on any atom is -0.457 e. The number of likely N-dealkylation sites (tertiary alicyclic amines) is 1. The molecule has 11 heteroatoms. The number of carbonyl (C=O) groups excluding carboxylic acids is 2. The lowest BCUT2D eigenvalue weighted by molar-refractivity contribution is 0.0184. The molecule has 4 aromatic rings. The fraction of sp³-hybridized carbons (Fsp3) is 0.333. The molecule has 2 aromatic heterocycles. The second-order valence-corrected chi connectivity index (χ2v) is 11.8. The maximum absolute atomic E-state index is 13.5. The van der Waals surface area contributed by atoms with Crippen molar-refractivity contribution in [1.29, 1.82) is 0 Å². The number of piperidine rings is 1. The number of nitrogens with one attached hydrogen (secondary N) is 1. The third kappa shape index (κ3) is 7.58. The van der Waals surface area contributed by atoms with Crippen LogP contribution in [-0.2, 0) is 11.3 Å². The summed E-state index contributed by atoms with van der Waals surface area (Å²) in [4.78, 5) is 31.5. The molecule has 0 aliphatic carbocycles. The molecule has 0 spiro atoms. The summed E-state index contributed by atoms with van der Waals surface area (Å²) < 4.78 is 40.6. The van der Waals surface area contributed by atoms with Crippen molar-refractivity contribution in [1.82, 2.24) is 25.0 Å². The summed E-state index contributed by atoms with van der Waals surface area (Å²) in [5.74, 6) is -0.781. The van der Waals surface area contributed by atoms with Crippen LogP contribution in [0.15, 0.2) is 67.1 Å². The van der Waals surface area contributed by atoms with Gasteiger partial charge in [-0.2, -0.15) is 5.10 Å². The van der Waals surface area contributed by atoms with Crippen LogP contribution < -0.4 is 10.1 Å². The minimum absolute atomic E-state index is 0.0255. The summed E-state index contributed by atoms with van der Waals surface area (Å²) in [7, 11) is 0. The molecule has 0 radical (unpaired) electrons. The lowest BCUT2D eigenvalue weighted by atomic mass is 10.1. The Morgan fingerprint density at radius 3 is 2.48 bits per heavy atom. The molecule has 2 aromatic carbocycles. The Morgan fingerprint density at radius 2 is 1.77 bits per heavy atom. The number of hydrogen-bond acceptors (Lipinski definition) is 6. The zero-order chi connectivity index (χ0) is 31.4. The first kappa shape index (κ1) is 30.7. The third-order valence-electron chi connectivity index (χ3n) is 7.25. The van der Waals surface area contributed by atoms with Gasteiger partial charge < -0.3 is 19.7 Å². The van der Waals surface area contributed by atoms with Gasteiger partial charge in [-0.3, -0.25) is 14.5 Å². The number of carbonyl (C=O) groups is 2. The van der Waals surface area contributed by atoms with Crippen LogP contribution in [0.25, 0.3) is 11.3 Å². The van der Waals surface area contributed by atoms with E-state index in [2.05, 4.69) is 15.4 Å². The number of nitrogens with zero attached hydrogens (tertiary/aromatic N) is 4. The van der Waals surface area contributed by atoms with Crippen molar-refractivity contribution in [2.75, 3.05) is 13.1 Å². The Labute approximate surface area is 254 Å². The van der Waals surface area contributed by atoms with Gasteiger partial charge in [-0.15, -0.1) is 0 Å². The zero-order valence-corrected chi connectivity index (χ0v) is 25.1. The lowest BCUT2D eigenvalue weighted by Gasteiger charge is -2.33. The van der Waals surface area contributed by atoms with E-state index in [0.29, 0.717) is 47.0 Å². The minimum atomic E-state index is -0.703. The summed E-state index contributed by atoms with van der Waals surface area (Å²) >= 11 is 0. The van der Waals surface area contributed by atoms with Crippen LogP contribution in [0.4, 0.5) is 13.6 Å². The van der Waals surface area contributed by atoms with Gasteiger partial charge in [0.25, 0.3) is 5.91 Å². The third-order valence-corrected chi connectivity index (χ3v) is 7.25. The Hall–Kier alpha value is -4.80. The highest BCUT2D eigenvalue weighted by atomic mass is 19.1. The molecule has 2 amide bonds. The van der Waals surface area contributed by atoms with Crippen molar-refractivity contribution in [2.45, 2.75) is 58.7 Å². The van der Waals surface area contributed by atoms with E-state index < -0.39 is 23.1 Å². The maximum atomic E-state index is 13.5. The Bertz CT molecular complexity index is 1640. The van der Waals surface area contributed by atoms with Gasteiger partial charge in [0, 0.05) is 60.9 Å². The molecule has 0 bridgehead atoms. The summed E-state index contributed by atoms with van der Waals surface area (Å²) in [6.45, 7) is 8.51. The van der Waals surface area contributed by atoms with Gasteiger partial charge in [-0.25, -0.2) is 13.6 Å². The standard InChI is InChI=1S/C33H35F2N5O4/c1-21-28(31(41)37-18-22-14-24(34)16-25(35)15-22)6-5-7-30(21)43-27-8-11-36-29(17-27)23-19-38-40(20-23)26-9-12-39(13-10-26)32(42)44-33(2,3)4/h5-8,11,14-17,19-20,26H,9-10,12-13,18H2,1-4H3,(H,37,41). The van der Waals surface area contributed by atoms with Crippen LogP contribution in [0.1, 0.15) is 61.1 Å². The van der Waals surface area contributed by atoms with Crippen molar-refractivity contribution in [3.05, 3.63) is 95.4 Å². The van der Waals surface area contributed by atoms with E-state index in [-0.39, 0.29) is 18.7 Å². The number of halogens is 2. The first-order valence-electron chi connectivity index (χ1n) is 14.4. The molecule has 1 saturated heterocycles. The quantitative estimate of drug-likeness (QED) is 0.249. The first-order valence-corrected chi connectivity index (χ1v) is 14.4. The fourth-order valence-electron chi connectivity index (χ4n) is 5.03. The second kappa shape index (κ2) is 12.8. The topological polar surface area (TPSA) is 98.6 Å². The van der Waals surface area contributed by atoms with E-state index in [1.54, 1.807) is 54.5 Å². The van der Waals surface area contributed by atoms with Gasteiger partial charge in [0.1, 0.15) is 28.7 Å². The SMILES string of the molecule is Cc1c(Oc2ccnc(-c3cnn(C4CCN(C(=O)OC(C)(C)C)CC4)c3)c2)cccc1C(=O)NCc1cc(F)cc(F)c1. The largest absolute Gasteiger partial charge is 0.457 e. The molecular formula is C33H35F2N5O4. The van der Waals surface area contributed by atoms with E-state index in [4.69, 9.17) is 9.47 Å². The summed E-state index contributed by atoms with van der Waals surface area (Å²) in [5, 5.41) is 7.27. The molecule has 3 heterocycles. The van der Waals surface area contributed by atoms with Gasteiger partial charge in [-0.05, 0) is 76.4 Å². The first-order chi connectivity index (χ1) is 20.9. The number of hydrogen-bond donors (Lipinski definition) is 1. The van der Waals surface area contributed by atoms with Crippen LogP contribution in [0.5, 0.6) is 11.5 Å². The number of benzene rings is 2. The molecule has 5 rings (SSSR count). The molecule has 1 aliphatic heterocycles. The molecule has 9 nitrogen and oxygen atoms in total. The number of pyridine rings is 1. The van der Waals surface area contributed by atoms with Gasteiger partial charge >= 0.3 is 6.09 Å². The molecule has 0 atom stereocenters. The summed E-state index contributed by atoms with van der Waals surface area (Å²) in [6.07, 6.45) is 6.58. The van der Waals surface area contributed by atoms with Crippen LogP contribution in [0.3, 0.4) is 0 Å². The Morgan fingerprint density at radius 1 is 1.05 bits per heavy atom. The van der Waals surface area contributed by atoms with E-state index in [1.807, 2.05) is 31.6 Å². The van der Waals surface area contributed by atoms with E-state index in [1.165, 1.54) is 12.1 Å². The van der Waals surface area contributed by atoms with Gasteiger partial charge in [0.2, 0.25) is 0 Å². The van der Waals surface area contributed by atoms with Gasteiger partial charge in [0.15, 0.2) is 0 Å². The van der Waals surface area contributed by atoms with E-state index >= 15 is 0 Å². The van der Waals surface area contributed by atoms with Crippen LogP contribution in [0, 0.1) is 18.6 Å². The van der Waals surface area contributed by atoms with Crippen molar-refractivity contribution in [3.63, 3.8) is 0 Å². The van der Waals surface area contributed by atoms with Crippen molar-refractivity contribution in [3.8, 4) is 22.8 Å². The lowest BCUT2D eigenvalue weighted by Crippen LogP contribution is -2.42. The number of ether oxygens (including phenoxy) is 2. The highest BCUT2D eigenvalue weighted by molar-refractivity contribution is 5.96. The summed E-state index contributed by atoms with van der Waals surface area (Å²) in [5.41, 5.74) is 2.28. The van der Waals surface area contributed by atoms with Crippen molar-refractivity contribution >= 4 is 12.0 Å². The van der Waals surface area contributed by atoms with Crippen molar-refractivity contribution < 1.29 is 27.8 Å². The highest BCUT2D eigenvalue weighted by Crippen LogP contribution is 2.31. The molecule has 0 unspecified atom stereocenters. The Balaban J connectivity index is 1.22. The normalized spacial score (nSPS) is 13.9. The number of aromatic nitrogens is 3. The number of amides is 2. The number of rotatable bonds is 7. The summed E-state index contributed by atoms with van der Waals surface area (Å²) in [6, 6.07) is 11.9. The van der Waals surface area contributed by atoms with E-state index in [9.17, 15) is 18.4 Å². The fourth-order valence-corrected chi connectivity index (χ4v) is 5.03. The average Bonchev–Trinajstić information content (AvgIpc) is 3.47. The van der Waals surface area contributed by atoms with Gasteiger partial charge in [-0.1, -0.05) is 6.07 Å².